The Bertz CT molecular complexity index is 1220. The molecule has 8 heteroatoms. The van der Waals surface area contributed by atoms with Crippen molar-refractivity contribution >= 4 is 11.2 Å². The highest BCUT2D eigenvalue weighted by atomic mass is 16.5. The molecule has 148 valence electrons. The van der Waals surface area contributed by atoms with Gasteiger partial charge in [-0.15, -0.1) is 0 Å². The second kappa shape index (κ2) is 6.95. The standard InChI is InChI=1S/C21H22N6O2/c1-13-3-5-14(6-4-13)15-7-8-16(9-15)19-24-17(29-25-19)10-27-12-23-20-18(21(27)28)26(2)11-22-20/h3-6,11-12,15-16H,7-10H2,1-2H3/t15-,16-/m1/s1. The molecule has 0 spiro atoms. The van der Waals surface area contributed by atoms with E-state index in [1.54, 1.807) is 17.9 Å². The van der Waals surface area contributed by atoms with Crippen molar-refractivity contribution in [2.75, 3.05) is 0 Å². The Morgan fingerprint density at radius 1 is 1.10 bits per heavy atom. The third kappa shape index (κ3) is 3.24. The molecule has 0 amide bonds. The summed E-state index contributed by atoms with van der Waals surface area (Å²) in [5.41, 5.74) is 3.39. The zero-order valence-electron chi connectivity index (χ0n) is 16.4. The molecule has 0 N–H and O–H groups in total. The molecule has 4 aromatic rings. The number of aromatic nitrogens is 6. The van der Waals surface area contributed by atoms with Crippen molar-refractivity contribution in [2.24, 2.45) is 7.05 Å². The minimum absolute atomic E-state index is 0.171. The Hall–Kier alpha value is -3.29. The number of benzene rings is 1. The molecule has 8 nitrogen and oxygen atoms in total. The van der Waals surface area contributed by atoms with Crippen LogP contribution in [0.5, 0.6) is 0 Å². The molecular weight excluding hydrogens is 368 g/mol. The second-order valence-electron chi connectivity index (χ2n) is 7.87. The van der Waals surface area contributed by atoms with E-state index in [1.807, 2.05) is 0 Å². The first-order chi connectivity index (χ1) is 14.1. The normalized spacial score (nSPS) is 19.2. The van der Waals surface area contributed by atoms with Gasteiger partial charge in [-0.2, -0.15) is 4.98 Å². The summed E-state index contributed by atoms with van der Waals surface area (Å²) >= 11 is 0. The molecule has 1 aliphatic carbocycles. The van der Waals surface area contributed by atoms with Crippen molar-refractivity contribution in [1.29, 1.82) is 0 Å². The fourth-order valence-electron chi connectivity index (χ4n) is 4.19. The van der Waals surface area contributed by atoms with E-state index in [0.717, 1.165) is 25.1 Å². The summed E-state index contributed by atoms with van der Waals surface area (Å²) in [6.45, 7) is 2.31. The Labute approximate surface area is 167 Å². The SMILES string of the molecule is Cc1ccc([C@@H]2CC[C@@H](c3noc(Cn4cnc5ncn(C)c5c4=O)n3)C2)cc1. The smallest absolute Gasteiger partial charge is 0.280 e. The van der Waals surface area contributed by atoms with Crippen LogP contribution in [0.4, 0.5) is 0 Å². The van der Waals surface area contributed by atoms with Gasteiger partial charge in [0.1, 0.15) is 12.9 Å². The van der Waals surface area contributed by atoms with Crippen LogP contribution in [0.1, 0.15) is 53.9 Å². The van der Waals surface area contributed by atoms with E-state index in [1.165, 1.54) is 22.0 Å². The molecule has 5 rings (SSSR count). The average molecular weight is 390 g/mol. The lowest BCUT2D eigenvalue weighted by Crippen LogP contribution is -2.22. The molecule has 1 aliphatic rings. The number of imidazole rings is 1. The first-order valence-corrected chi connectivity index (χ1v) is 9.84. The van der Waals surface area contributed by atoms with Gasteiger partial charge in [0.05, 0.1) is 6.33 Å². The molecule has 0 radical (unpaired) electrons. The number of hydrogen-bond acceptors (Lipinski definition) is 6. The van der Waals surface area contributed by atoms with Crippen molar-refractivity contribution in [3.05, 3.63) is 70.1 Å². The van der Waals surface area contributed by atoms with E-state index in [-0.39, 0.29) is 18.0 Å². The summed E-state index contributed by atoms with van der Waals surface area (Å²) in [4.78, 5) is 25.6. The van der Waals surface area contributed by atoms with E-state index in [2.05, 4.69) is 51.3 Å². The van der Waals surface area contributed by atoms with Gasteiger partial charge in [-0.25, -0.2) is 9.97 Å². The summed E-state index contributed by atoms with van der Waals surface area (Å²) in [5, 5.41) is 4.20. The van der Waals surface area contributed by atoms with Gasteiger partial charge in [0.15, 0.2) is 17.0 Å². The third-order valence-corrected chi connectivity index (χ3v) is 5.84. The lowest BCUT2D eigenvalue weighted by atomic mass is 9.95. The predicted molar refractivity (Wildman–Crippen MR) is 107 cm³/mol. The second-order valence-corrected chi connectivity index (χ2v) is 7.87. The summed E-state index contributed by atoms with van der Waals surface area (Å²) in [6.07, 6.45) is 6.24. The highest BCUT2D eigenvalue weighted by Gasteiger charge is 2.30. The number of fused-ring (bicyclic) bond motifs is 1. The average Bonchev–Trinajstić information content (AvgIpc) is 3.45. The maximum absolute atomic E-state index is 12.7. The molecule has 29 heavy (non-hydrogen) atoms. The Kier molecular flexibility index (Phi) is 4.26. The minimum Gasteiger partial charge on any atom is -0.337 e. The van der Waals surface area contributed by atoms with Crippen LogP contribution in [0, 0.1) is 6.92 Å². The van der Waals surface area contributed by atoms with Crippen LogP contribution in [0.2, 0.25) is 0 Å². The van der Waals surface area contributed by atoms with Crippen LogP contribution in [0.3, 0.4) is 0 Å². The Morgan fingerprint density at radius 2 is 1.86 bits per heavy atom. The zero-order valence-corrected chi connectivity index (χ0v) is 16.4. The lowest BCUT2D eigenvalue weighted by Gasteiger charge is -2.10. The quantitative estimate of drug-likeness (QED) is 0.532. The minimum atomic E-state index is -0.171. The topological polar surface area (TPSA) is 91.6 Å². The number of hydrogen-bond donors (Lipinski definition) is 0. The van der Waals surface area contributed by atoms with Crippen LogP contribution < -0.4 is 5.56 Å². The molecule has 1 aromatic carbocycles. The van der Waals surface area contributed by atoms with Crippen molar-refractivity contribution in [2.45, 2.75) is 44.6 Å². The molecule has 0 saturated heterocycles. The van der Waals surface area contributed by atoms with E-state index in [4.69, 9.17) is 4.52 Å². The van der Waals surface area contributed by atoms with Gasteiger partial charge in [0.25, 0.3) is 5.56 Å². The largest absolute Gasteiger partial charge is 0.337 e. The first kappa shape index (κ1) is 17.8. The molecular formula is C21H22N6O2. The maximum atomic E-state index is 12.7. The van der Waals surface area contributed by atoms with Gasteiger partial charge < -0.3 is 9.09 Å². The fourth-order valence-corrected chi connectivity index (χ4v) is 4.19. The summed E-state index contributed by atoms with van der Waals surface area (Å²) < 4.78 is 8.59. The predicted octanol–water partition coefficient (Wildman–Crippen LogP) is 2.92. The molecule has 0 aliphatic heterocycles. The van der Waals surface area contributed by atoms with E-state index in [9.17, 15) is 4.79 Å². The number of nitrogens with zero attached hydrogens (tertiary/aromatic N) is 6. The maximum Gasteiger partial charge on any atom is 0.280 e. The van der Waals surface area contributed by atoms with Crippen LogP contribution in [0.25, 0.3) is 11.2 Å². The fraction of sp³-hybridized carbons (Fsp3) is 0.381. The summed E-state index contributed by atoms with van der Waals surface area (Å²) in [6, 6.07) is 8.77. The number of rotatable bonds is 4. The molecule has 3 heterocycles. The molecule has 1 fully saturated rings. The van der Waals surface area contributed by atoms with Gasteiger partial charge in [-0.3, -0.25) is 9.36 Å². The van der Waals surface area contributed by atoms with Crippen molar-refractivity contribution in [3.8, 4) is 0 Å². The highest BCUT2D eigenvalue weighted by molar-refractivity contribution is 5.68. The monoisotopic (exact) mass is 390 g/mol. The molecule has 2 atom stereocenters. The van der Waals surface area contributed by atoms with E-state index >= 15 is 0 Å². The van der Waals surface area contributed by atoms with Crippen LogP contribution in [-0.2, 0) is 13.6 Å². The van der Waals surface area contributed by atoms with E-state index < -0.39 is 0 Å². The van der Waals surface area contributed by atoms with Crippen molar-refractivity contribution in [1.82, 2.24) is 29.2 Å². The van der Waals surface area contributed by atoms with Gasteiger partial charge in [-0.05, 0) is 37.7 Å². The molecule has 3 aromatic heterocycles. The Morgan fingerprint density at radius 3 is 2.69 bits per heavy atom. The van der Waals surface area contributed by atoms with Crippen molar-refractivity contribution < 1.29 is 4.52 Å². The third-order valence-electron chi connectivity index (χ3n) is 5.84. The first-order valence-electron chi connectivity index (χ1n) is 9.84. The molecule has 0 bridgehead atoms. The van der Waals surface area contributed by atoms with Crippen LogP contribution in [-0.4, -0.2) is 29.2 Å². The lowest BCUT2D eigenvalue weighted by molar-refractivity contribution is 0.361. The van der Waals surface area contributed by atoms with Crippen LogP contribution >= 0.6 is 0 Å². The Balaban J connectivity index is 1.32. The molecule has 0 unspecified atom stereocenters. The number of aryl methyl sites for hydroxylation is 2. The van der Waals surface area contributed by atoms with Gasteiger partial charge >= 0.3 is 0 Å². The summed E-state index contributed by atoms with van der Waals surface area (Å²) in [5.74, 6) is 1.97. The highest BCUT2D eigenvalue weighted by Crippen LogP contribution is 2.42. The van der Waals surface area contributed by atoms with Gasteiger partial charge in [0.2, 0.25) is 5.89 Å². The van der Waals surface area contributed by atoms with E-state index in [0.29, 0.717) is 23.0 Å². The van der Waals surface area contributed by atoms with Crippen LogP contribution in [0.15, 0.2) is 46.2 Å². The van der Waals surface area contributed by atoms with Gasteiger partial charge in [-0.1, -0.05) is 35.0 Å². The van der Waals surface area contributed by atoms with Crippen molar-refractivity contribution in [3.63, 3.8) is 0 Å². The summed E-state index contributed by atoms with van der Waals surface area (Å²) in [7, 11) is 1.78. The van der Waals surface area contributed by atoms with Gasteiger partial charge in [0, 0.05) is 13.0 Å². The zero-order chi connectivity index (χ0) is 20.0. The molecule has 1 saturated carbocycles.